The summed E-state index contributed by atoms with van der Waals surface area (Å²) < 4.78 is 0. The molecule has 2 atom stereocenters. The summed E-state index contributed by atoms with van der Waals surface area (Å²) in [6, 6.07) is 1.69. The topological polar surface area (TPSA) is 70.5 Å². The van der Waals surface area contributed by atoms with E-state index in [1.807, 2.05) is 4.90 Å². The van der Waals surface area contributed by atoms with Crippen LogP contribution in [0.3, 0.4) is 0 Å². The van der Waals surface area contributed by atoms with Gasteiger partial charge in [-0.05, 0) is 36.2 Å². The first-order valence-electron chi connectivity index (χ1n) is 7.72. The van der Waals surface area contributed by atoms with Crippen molar-refractivity contribution in [2.75, 3.05) is 6.54 Å². The Morgan fingerprint density at radius 3 is 2.73 bits per heavy atom. The van der Waals surface area contributed by atoms with Crippen molar-refractivity contribution in [3.8, 4) is 0 Å². The van der Waals surface area contributed by atoms with Crippen LogP contribution < -0.4 is 0 Å². The van der Waals surface area contributed by atoms with E-state index < -0.39 is 5.97 Å². The molecule has 2 aliphatic rings. The van der Waals surface area contributed by atoms with Crippen LogP contribution in [0.25, 0.3) is 0 Å². The van der Waals surface area contributed by atoms with E-state index in [0.29, 0.717) is 12.0 Å². The molecule has 2 fully saturated rings. The van der Waals surface area contributed by atoms with E-state index in [2.05, 4.69) is 25.8 Å². The average Bonchev–Trinajstić information content (AvgIpc) is 2.64. The van der Waals surface area contributed by atoms with Gasteiger partial charge in [0.1, 0.15) is 0 Å². The first-order chi connectivity index (χ1) is 10.2. The number of carbonyl (C=O) groups excluding carboxylic acids is 1. The number of hydrogen-bond donors (Lipinski definition) is 1. The Morgan fingerprint density at radius 2 is 2.05 bits per heavy atom. The molecule has 1 saturated carbocycles. The molecule has 5 heteroatoms. The normalized spacial score (nSPS) is 29.4. The fraction of sp³-hybridized carbons (Fsp3) is 0.588. The minimum atomic E-state index is -1.11. The molecular formula is C17H22N2O3. The van der Waals surface area contributed by atoms with Crippen molar-refractivity contribution in [3.63, 3.8) is 0 Å². The van der Waals surface area contributed by atoms with Gasteiger partial charge in [-0.1, -0.05) is 20.8 Å². The Labute approximate surface area is 130 Å². The number of nitrogens with zero attached hydrogens (tertiary/aromatic N) is 2. The Balaban J connectivity index is 1.95. The minimum absolute atomic E-state index is 0.0170. The van der Waals surface area contributed by atoms with Gasteiger partial charge in [-0.25, -0.2) is 4.79 Å². The largest absolute Gasteiger partial charge is 0.478 e. The van der Waals surface area contributed by atoms with Crippen molar-refractivity contribution in [2.24, 2.45) is 10.8 Å². The molecule has 2 bridgehead atoms. The maximum atomic E-state index is 12.9. The smallest absolute Gasteiger partial charge is 0.338 e. The van der Waals surface area contributed by atoms with E-state index in [9.17, 15) is 14.7 Å². The molecule has 1 amide bonds. The number of rotatable bonds is 2. The van der Waals surface area contributed by atoms with Crippen LogP contribution in [0.4, 0.5) is 0 Å². The first kappa shape index (κ1) is 15.0. The van der Waals surface area contributed by atoms with Crippen LogP contribution in [0.2, 0.25) is 0 Å². The molecule has 0 aromatic carbocycles. The van der Waals surface area contributed by atoms with Gasteiger partial charge in [0.05, 0.1) is 11.1 Å². The molecule has 0 spiro atoms. The quantitative estimate of drug-likeness (QED) is 0.912. The number of carbonyl (C=O) groups is 2. The molecule has 1 N–H and O–H groups in total. The molecule has 5 nitrogen and oxygen atoms in total. The molecular weight excluding hydrogens is 280 g/mol. The fourth-order valence-corrected chi connectivity index (χ4v) is 4.45. The van der Waals surface area contributed by atoms with Crippen LogP contribution in [0.1, 0.15) is 60.7 Å². The highest BCUT2D eigenvalue weighted by Crippen LogP contribution is 2.55. The molecule has 118 valence electrons. The van der Waals surface area contributed by atoms with Crippen LogP contribution >= 0.6 is 0 Å². The SMILES string of the molecule is CC12CCN(C(=O)c3ccncc3C(=O)O)C(C1)C(C)(C)C2. The van der Waals surface area contributed by atoms with Crippen LogP contribution in [-0.2, 0) is 0 Å². The van der Waals surface area contributed by atoms with E-state index in [-0.39, 0.29) is 28.5 Å². The lowest BCUT2D eigenvalue weighted by Gasteiger charge is -2.40. The summed E-state index contributed by atoms with van der Waals surface area (Å²) in [5.41, 5.74) is 0.598. The van der Waals surface area contributed by atoms with Gasteiger partial charge in [0.15, 0.2) is 0 Å². The van der Waals surface area contributed by atoms with Gasteiger partial charge < -0.3 is 10.0 Å². The molecule has 1 aliphatic heterocycles. The van der Waals surface area contributed by atoms with E-state index in [0.717, 1.165) is 19.3 Å². The van der Waals surface area contributed by atoms with Gasteiger partial charge in [0.2, 0.25) is 0 Å². The van der Waals surface area contributed by atoms with Gasteiger partial charge >= 0.3 is 5.97 Å². The molecule has 2 heterocycles. The van der Waals surface area contributed by atoms with Gasteiger partial charge in [0, 0.05) is 25.0 Å². The maximum absolute atomic E-state index is 12.9. The number of amides is 1. The lowest BCUT2D eigenvalue weighted by atomic mass is 9.81. The highest BCUT2D eigenvalue weighted by atomic mass is 16.4. The lowest BCUT2D eigenvalue weighted by Crippen LogP contribution is -2.48. The Kier molecular flexibility index (Phi) is 3.27. The van der Waals surface area contributed by atoms with E-state index in [1.54, 1.807) is 0 Å². The maximum Gasteiger partial charge on any atom is 0.338 e. The third-order valence-corrected chi connectivity index (χ3v) is 5.35. The van der Waals surface area contributed by atoms with E-state index >= 15 is 0 Å². The number of likely N-dealkylation sites (tertiary alicyclic amines) is 1. The fourth-order valence-electron chi connectivity index (χ4n) is 4.45. The molecule has 1 saturated heterocycles. The van der Waals surface area contributed by atoms with Crippen molar-refractivity contribution in [1.82, 2.24) is 9.88 Å². The second kappa shape index (κ2) is 4.80. The first-order valence-corrected chi connectivity index (χ1v) is 7.72. The molecule has 1 aromatic heterocycles. The molecule has 22 heavy (non-hydrogen) atoms. The van der Waals surface area contributed by atoms with Crippen LogP contribution in [0.5, 0.6) is 0 Å². The van der Waals surface area contributed by atoms with Crippen LogP contribution in [0.15, 0.2) is 18.5 Å². The zero-order chi connectivity index (χ0) is 16.1. The third kappa shape index (κ3) is 2.28. The summed E-state index contributed by atoms with van der Waals surface area (Å²) in [4.78, 5) is 30.0. The van der Waals surface area contributed by atoms with Gasteiger partial charge in [-0.2, -0.15) is 0 Å². The summed E-state index contributed by atoms with van der Waals surface area (Å²) in [5, 5.41) is 9.28. The second-order valence-corrected chi connectivity index (χ2v) is 7.67. The molecule has 2 unspecified atom stereocenters. The number of aromatic carboxylic acids is 1. The van der Waals surface area contributed by atoms with Gasteiger partial charge in [0.25, 0.3) is 5.91 Å². The predicted molar refractivity (Wildman–Crippen MR) is 81.8 cm³/mol. The number of aromatic nitrogens is 1. The van der Waals surface area contributed by atoms with Crippen molar-refractivity contribution in [3.05, 3.63) is 29.6 Å². The summed E-state index contributed by atoms with van der Waals surface area (Å²) in [5.74, 6) is -1.29. The minimum Gasteiger partial charge on any atom is -0.478 e. The molecule has 0 radical (unpaired) electrons. The van der Waals surface area contributed by atoms with E-state index in [1.165, 1.54) is 18.5 Å². The molecule has 3 rings (SSSR count). The summed E-state index contributed by atoms with van der Waals surface area (Å²) in [7, 11) is 0. The highest BCUT2D eigenvalue weighted by Gasteiger charge is 2.53. The zero-order valence-corrected chi connectivity index (χ0v) is 13.3. The summed E-state index contributed by atoms with van der Waals surface area (Å²) in [6.45, 7) is 7.41. The summed E-state index contributed by atoms with van der Waals surface area (Å²) in [6.07, 6.45) is 5.82. The monoisotopic (exact) mass is 302 g/mol. The second-order valence-electron chi connectivity index (χ2n) is 7.67. The Bertz CT molecular complexity index is 641. The van der Waals surface area contributed by atoms with Gasteiger partial charge in [-0.3, -0.25) is 9.78 Å². The average molecular weight is 302 g/mol. The number of fused-ring (bicyclic) bond motifs is 2. The number of piperidine rings is 1. The van der Waals surface area contributed by atoms with Gasteiger partial charge in [-0.15, -0.1) is 0 Å². The Morgan fingerprint density at radius 1 is 1.32 bits per heavy atom. The standard InChI is InChI=1S/C17H22N2O3/c1-16(2)10-17(3)5-7-19(13(16)8-17)14(20)11-4-6-18-9-12(11)15(21)22/h4,6,9,13H,5,7-8,10H2,1-3H3,(H,21,22). The summed E-state index contributed by atoms with van der Waals surface area (Å²) >= 11 is 0. The van der Waals surface area contributed by atoms with Crippen molar-refractivity contribution < 1.29 is 14.7 Å². The van der Waals surface area contributed by atoms with Crippen LogP contribution in [-0.4, -0.2) is 39.5 Å². The van der Waals surface area contributed by atoms with Crippen molar-refractivity contribution in [1.29, 1.82) is 0 Å². The molecule has 1 aliphatic carbocycles. The number of hydrogen-bond acceptors (Lipinski definition) is 3. The predicted octanol–water partition coefficient (Wildman–Crippen LogP) is 2.82. The Hall–Kier alpha value is -1.91. The number of pyridine rings is 1. The highest BCUT2D eigenvalue weighted by molar-refractivity contribution is 6.04. The number of carboxylic acid groups (broad SMARTS) is 1. The molecule has 1 aromatic rings. The van der Waals surface area contributed by atoms with E-state index in [4.69, 9.17) is 0 Å². The van der Waals surface area contributed by atoms with Crippen molar-refractivity contribution in [2.45, 2.75) is 46.1 Å². The van der Waals surface area contributed by atoms with Crippen molar-refractivity contribution >= 4 is 11.9 Å². The van der Waals surface area contributed by atoms with Crippen LogP contribution in [0, 0.1) is 10.8 Å². The number of carboxylic acids is 1. The third-order valence-electron chi connectivity index (χ3n) is 5.35. The lowest BCUT2D eigenvalue weighted by molar-refractivity contribution is 0.0467. The zero-order valence-electron chi connectivity index (χ0n) is 13.3.